The van der Waals surface area contributed by atoms with Crippen LogP contribution >= 0.6 is 0 Å². The Kier molecular flexibility index (Phi) is 4.76. The molecule has 0 aromatic carbocycles. The minimum atomic E-state index is 0.735. The third-order valence-corrected chi connectivity index (χ3v) is 5.36. The van der Waals surface area contributed by atoms with E-state index < -0.39 is 0 Å². The smallest absolute Gasteiger partial charge is 0.0397 e. The molecule has 0 amide bonds. The van der Waals surface area contributed by atoms with E-state index in [-0.39, 0.29) is 0 Å². The largest absolute Gasteiger partial charge is 0.371 e. The number of piperidine rings is 1. The summed E-state index contributed by atoms with van der Waals surface area (Å²) in [6, 6.07) is 4.99. The molecule has 3 heterocycles. The lowest BCUT2D eigenvalue weighted by atomic mass is 9.89. The van der Waals surface area contributed by atoms with E-state index in [0.29, 0.717) is 0 Å². The van der Waals surface area contributed by atoms with Crippen LogP contribution in [0, 0.1) is 5.92 Å². The molecule has 0 spiro atoms. The van der Waals surface area contributed by atoms with Crippen molar-refractivity contribution >= 4 is 5.69 Å². The molecule has 1 atom stereocenters. The number of pyridine rings is 1. The Balaban J connectivity index is 1.51. The van der Waals surface area contributed by atoms with Crippen LogP contribution in [0.4, 0.5) is 5.69 Å². The number of aromatic nitrogens is 1. The predicted octanol–water partition coefficient (Wildman–Crippen LogP) is 1.93. The number of likely N-dealkylation sites (N-methyl/N-ethyl adjacent to an activating group) is 1. The Morgan fingerprint density at radius 3 is 2.24 bits per heavy atom. The van der Waals surface area contributed by atoms with Crippen molar-refractivity contribution in [3.8, 4) is 0 Å². The quantitative estimate of drug-likeness (QED) is 0.847. The van der Waals surface area contributed by atoms with E-state index >= 15 is 0 Å². The SMILES string of the molecule is CC(C1CCN(c2ccncc2)CC1)N1CCN(C)CC1. The molecular formula is C17H28N4. The maximum Gasteiger partial charge on any atom is 0.0397 e. The molecular weight excluding hydrogens is 260 g/mol. The molecule has 0 N–H and O–H groups in total. The molecule has 21 heavy (non-hydrogen) atoms. The summed E-state index contributed by atoms with van der Waals surface area (Å²) in [5, 5.41) is 0. The van der Waals surface area contributed by atoms with Gasteiger partial charge in [0.05, 0.1) is 0 Å². The van der Waals surface area contributed by atoms with E-state index in [1.54, 1.807) is 0 Å². The summed E-state index contributed by atoms with van der Waals surface area (Å²) in [4.78, 5) is 11.8. The predicted molar refractivity (Wildman–Crippen MR) is 87.7 cm³/mol. The van der Waals surface area contributed by atoms with E-state index in [1.165, 1.54) is 57.8 Å². The zero-order valence-corrected chi connectivity index (χ0v) is 13.4. The minimum absolute atomic E-state index is 0.735. The van der Waals surface area contributed by atoms with E-state index in [0.717, 1.165) is 12.0 Å². The van der Waals surface area contributed by atoms with E-state index in [9.17, 15) is 0 Å². The summed E-state index contributed by atoms with van der Waals surface area (Å²) >= 11 is 0. The molecule has 1 aromatic heterocycles. The van der Waals surface area contributed by atoms with Gasteiger partial charge in [0.1, 0.15) is 0 Å². The monoisotopic (exact) mass is 288 g/mol. The Morgan fingerprint density at radius 2 is 1.62 bits per heavy atom. The van der Waals surface area contributed by atoms with Crippen LogP contribution in [0.25, 0.3) is 0 Å². The second kappa shape index (κ2) is 6.75. The number of anilines is 1. The number of piperazine rings is 1. The molecule has 4 nitrogen and oxygen atoms in total. The third kappa shape index (κ3) is 3.55. The zero-order valence-electron chi connectivity index (χ0n) is 13.4. The second-order valence-corrected chi connectivity index (χ2v) is 6.61. The highest BCUT2D eigenvalue weighted by atomic mass is 15.3. The van der Waals surface area contributed by atoms with Crippen LogP contribution in [-0.2, 0) is 0 Å². The van der Waals surface area contributed by atoms with Crippen molar-refractivity contribution in [2.45, 2.75) is 25.8 Å². The maximum absolute atomic E-state index is 4.11. The molecule has 3 rings (SSSR count). The summed E-state index contributed by atoms with van der Waals surface area (Å²) in [5.41, 5.74) is 1.33. The fraction of sp³-hybridized carbons (Fsp3) is 0.706. The first-order chi connectivity index (χ1) is 10.2. The number of nitrogens with zero attached hydrogens (tertiary/aromatic N) is 4. The van der Waals surface area contributed by atoms with Gasteiger partial charge in [-0.15, -0.1) is 0 Å². The Bertz CT molecular complexity index is 420. The molecule has 0 aliphatic carbocycles. The molecule has 1 aromatic rings. The summed E-state index contributed by atoms with van der Waals surface area (Å²) < 4.78 is 0. The third-order valence-electron chi connectivity index (χ3n) is 5.36. The van der Waals surface area contributed by atoms with Gasteiger partial charge in [0, 0.05) is 63.4 Å². The molecule has 0 radical (unpaired) electrons. The van der Waals surface area contributed by atoms with Crippen molar-refractivity contribution in [1.29, 1.82) is 0 Å². The van der Waals surface area contributed by atoms with Crippen molar-refractivity contribution < 1.29 is 0 Å². The topological polar surface area (TPSA) is 22.6 Å². The molecule has 0 bridgehead atoms. The fourth-order valence-corrected chi connectivity index (χ4v) is 3.72. The average molecular weight is 288 g/mol. The van der Waals surface area contributed by atoms with Crippen LogP contribution in [0.3, 0.4) is 0 Å². The first-order valence-electron chi connectivity index (χ1n) is 8.31. The molecule has 0 saturated carbocycles. The van der Waals surface area contributed by atoms with Crippen molar-refractivity contribution in [3.63, 3.8) is 0 Å². The van der Waals surface area contributed by atoms with Gasteiger partial charge in [-0.3, -0.25) is 9.88 Å². The van der Waals surface area contributed by atoms with E-state index in [1.807, 2.05) is 12.4 Å². The minimum Gasteiger partial charge on any atom is -0.371 e. The normalized spacial score (nSPS) is 24.2. The second-order valence-electron chi connectivity index (χ2n) is 6.61. The molecule has 4 heteroatoms. The van der Waals surface area contributed by atoms with Crippen molar-refractivity contribution in [3.05, 3.63) is 24.5 Å². The maximum atomic E-state index is 4.11. The fourth-order valence-electron chi connectivity index (χ4n) is 3.72. The highest BCUT2D eigenvalue weighted by Crippen LogP contribution is 2.27. The molecule has 1 unspecified atom stereocenters. The van der Waals surface area contributed by atoms with Gasteiger partial charge in [0.25, 0.3) is 0 Å². The molecule has 2 aliphatic heterocycles. The van der Waals surface area contributed by atoms with Crippen LogP contribution in [-0.4, -0.2) is 67.1 Å². The van der Waals surface area contributed by atoms with Gasteiger partial charge in [0.2, 0.25) is 0 Å². The van der Waals surface area contributed by atoms with Crippen LogP contribution in [0.15, 0.2) is 24.5 Å². The van der Waals surface area contributed by atoms with Crippen LogP contribution < -0.4 is 4.90 Å². The summed E-state index contributed by atoms with van der Waals surface area (Å²) in [7, 11) is 2.23. The van der Waals surface area contributed by atoms with Crippen molar-refractivity contribution in [1.82, 2.24) is 14.8 Å². The van der Waals surface area contributed by atoms with E-state index in [2.05, 4.69) is 45.8 Å². The van der Waals surface area contributed by atoms with Gasteiger partial charge in [-0.2, -0.15) is 0 Å². The molecule has 2 fully saturated rings. The van der Waals surface area contributed by atoms with Gasteiger partial charge in [-0.1, -0.05) is 0 Å². The lowest BCUT2D eigenvalue weighted by molar-refractivity contribution is 0.0814. The highest BCUT2D eigenvalue weighted by Gasteiger charge is 2.29. The van der Waals surface area contributed by atoms with Crippen LogP contribution in [0.5, 0.6) is 0 Å². The number of hydrogen-bond acceptors (Lipinski definition) is 4. The average Bonchev–Trinajstić information content (AvgIpc) is 2.56. The Labute approximate surface area is 128 Å². The van der Waals surface area contributed by atoms with Crippen LogP contribution in [0.2, 0.25) is 0 Å². The Hall–Kier alpha value is -1.13. The van der Waals surface area contributed by atoms with Gasteiger partial charge in [-0.05, 0) is 44.9 Å². The lowest BCUT2D eigenvalue weighted by Crippen LogP contribution is -2.51. The number of rotatable bonds is 3. The van der Waals surface area contributed by atoms with Crippen molar-refractivity contribution in [2.24, 2.45) is 5.92 Å². The van der Waals surface area contributed by atoms with Gasteiger partial charge < -0.3 is 9.80 Å². The standard InChI is InChI=1S/C17H28N4/c1-15(20-13-11-19(2)12-14-20)16-5-9-21(10-6-16)17-3-7-18-8-4-17/h3-4,7-8,15-16H,5-6,9-14H2,1-2H3. The first-order valence-corrected chi connectivity index (χ1v) is 8.31. The number of hydrogen-bond donors (Lipinski definition) is 0. The summed E-state index contributed by atoms with van der Waals surface area (Å²) in [6.45, 7) is 9.74. The van der Waals surface area contributed by atoms with Crippen molar-refractivity contribution in [2.75, 3.05) is 51.2 Å². The van der Waals surface area contributed by atoms with E-state index in [4.69, 9.17) is 0 Å². The summed E-state index contributed by atoms with van der Waals surface area (Å²) in [6.07, 6.45) is 6.42. The van der Waals surface area contributed by atoms with Gasteiger partial charge >= 0.3 is 0 Å². The molecule has 2 aliphatic rings. The van der Waals surface area contributed by atoms with Gasteiger partial charge in [-0.25, -0.2) is 0 Å². The lowest BCUT2D eigenvalue weighted by Gasteiger charge is -2.43. The summed E-state index contributed by atoms with van der Waals surface area (Å²) in [5.74, 6) is 0.853. The highest BCUT2D eigenvalue weighted by molar-refractivity contribution is 5.44. The first kappa shape index (κ1) is 14.8. The molecule has 116 valence electrons. The van der Waals surface area contributed by atoms with Gasteiger partial charge in [0.15, 0.2) is 0 Å². The van der Waals surface area contributed by atoms with Crippen LogP contribution in [0.1, 0.15) is 19.8 Å². The Morgan fingerprint density at radius 1 is 1.00 bits per heavy atom. The zero-order chi connectivity index (χ0) is 14.7. The molecule has 2 saturated heterocycles.